The summed E-state index contributed by atoms with van der Waals surface area (Å²) in [6, 6.07) is 7.35. The monoisotopic (exact) mass is 325 g/mol. The molecular formula is C17H28ClN3O. The highest BCUT2D eigenvalue weighted by Gasteiger charge is 2.23. The maximum atomic E-state index is 12.1. The Morgan fingerprint density at radius 3 is 2.36 bits per heavy atom. The average molecular weight is 326 g/mol. The van der Waals surface area contributed by atoms with Crippen LogP contribution in [-0.4, -0.2) is 36.5 Å². The standard InChI is InChI=1S/C17H28ClN3O/c1-5-21(6-2)15(13-9-7-8-10-14(13)18)11-20-17(22)16(19)12(3)4/h7-10,12,15-16H,5-6,11,19H2,1-4H3,(H,20,22)/t15?,16-/m0/s1. The van der Waals surface area contributed by atoms with Gasteiger partial charge in [-0.1, -0.05) is 57.5 Å². The molecule has 0 saturated heterocycles. The Balaban J connectivity index is 2.89. The van der Waals surface area contributed by atoms with Crippen molar-refractivity contribution in [2.45, 2.75) is 39.8 Å². The topological polar surface area (TPSA) is 58.4 Å². The van der Waals surface area contributed by atoms with Crippen molar-refractivity contribution in [2.75, 3.05) is 19.6 Å². The lowest BCUT2D eigenvalue weighted by Gasteiger charge is -2.31. The number of carbonyl (C=O) groups excluding carboxylic acids is 1. The van der Waals surface area contributed by atoms with Crippen LogP contribution in [0, 0.1) is 5.92 Å². The van der Waals surface area contributed by atoms with Crippen LogP contribution < -0.4 is 11.1 Å². The van der Waals surface area contributed by atoms with E-state index < -0.39 is 6.04 Å². The number of nitrogens with one attached hydrogen (secondary N) is 1. The predicted octanol–water partition coefficient (Wildman–Crippen LogP) is 2.82. The van der Waals surface area contributed by atoms with Crippen LogP contribution in [0.2, 0.25) is 5.02 Å². The first-order valence-corrected chi connectivity index (χ1v) is 8.31. The van der Waals surface area contributed by atoms with E-state index in [0.717, 1.165) is 23.7 Å². The smallest absolute Gasteiger partial charge is 0.237 e. The fourth-order valence-electron chi connectivity index (χ4n) is 2.46. The molecule has 0 fully saturated rings. The van der Waals surface area contributed by atoms with Gasteiger partial charge < -0.3 is 11.1 Å². The van der Waals surface area contributed by atoms with E-state index in [1.165, 1.54) is 0 Å². The summed E-state index contributed by atoms with van der Waals surface area (Å²) in [6.07, 6.45) is 0. The molecule has 0 spiro atoms. The number of rotatable bonds is 8. The van der Waals surface area contributed by atoms with Crippen LogP contribution in [0.5, 0.6) is 0 Å². The van der Waals surface area contributed by atoms with Gasteiger partial charge in [-0.3, -0.25) is 9.69 Å². The summed E-state index contributed by atoms with van der Waals surface area (Å²) in [4.78, 5) is 14.4. The maximum absolute atomic E-state index is 12.1. The number of amides is 1. The Morgan fingerprint density at radius 1 is 1.27 bits per heavy atom. The lowest BCUT2D eigenvalue weighted by Crippen LogP contribution is -2.47. The van der Waals surface area contributed by atoms with E-state index in [0.29, 0.717) is 6.54 Å². The SMILES string of the molecule is CCN(CC)C(CNC(=O)[C@@H](N)C(C)C)c1ccccc1Cl. The maximum Gasteiger partial charge on any atom is 0.237 e. The molecule has 0 aliphatic rings. The van der Waals surface area contributed by atoms with Crippen LogP contribution in [0.15, 0.2) is 24.3 Å². The number of likely N-dealkylation sites (N-methyl/N-ethyl adjacent to an activating group) is 1. The summed E-state index contributed by atoms with van der Waals surface area (Å²) >= 11 is 6.34. The lowest BCUT2D eigenvalue weighted by molar-refractivity contribution is -0.123. The molecular weight excluding hydrogens is 298 g/mol. The molecule has 2 atom stereocenters. The second-order valence-electron chi connectivity index (χ2n) is 5.77. The Labute approximate surface area is 139 Å². The number of halogens is 1. The van der Waals surface area contributed by atoms with Gasteiger partial charge in [-0.25, -0.2) is 0 Å². The van der Waals surface area contributed by atoms with Gasteiger partial charge in [-0.05, 0) is 30.6 Å². The summed E-state index contributed by atoms with van der Waals surface area (Å²) in [7, 11) is 0. The van der Waals surface area contributed by atoms with Gasteiger partial charge in [0.05, 0.1) is 12.1 Å². The highest BCUT2D eigenvalue weighted by molar-refractivity contribution is 6.31. The molecule has 1 aromatic carbocycles. The number of carbonyl (C=O) groups is 1. The van der Waals surface area contributed by atoms with Crippen LogP contribution in [0.25, 0.3) is 0 Å². The predicted molar refractivity (Wildman–Crippen MR) is 92.9 cm³/mol. The quantitative estimate of drug-likeness (QED) is 0.772. The molecule has 0 radical (unpaired) electrons. The molecule has 22 heavy (non-hydrogen) atoms. The molecule has 3 N–H and O–H groups in total. The van der Waals surface area contributed by atoms with Crippen molar-refractivity contribution < 1.29 is 4.79 Å². The lowest BCUT2D eigenvalue weighted by atomic mass is 10.0. The van der Waals surface area contributed by atoms with Crippen molar-refractivity contribution in [3.05, 3.63) is 34.9 Å². The Morgan fingerprint density at radius 2 is 1.86 bits per heavy atom. The number of nitrogens with two attached hydrogens (primary N) is 1. The highest BCUT2D eigenvalue weighted by atomic mass is 35.5. The summed E-state index contributed by atoms with van der Waals surface area (Å²) in [5, 5.41) is 3.70. The summed E-state index contributed by atoms with van der Waals surface area (Å²) in [5.41, 5.74) is 6.94. The summed E-state index contributed by atoms with van der Waals surface area (Å²) < 4.78 is 0. The van der Waals surface area contributed by atoms with Gasteiger partial charge in [0.2, 0.25) is 5.91 Å². The minimum atomic E-state index is -0.483. The van der Waals surface area contributed by atoms with E-state index >= 15 is 0 Å². The molecule has 4 nitrogen and oxygen atoms in total. The first kappa shape index (κ1) is 18.9. The molecule has 5 heteroatoms. The van der Waals surface area contributed by atoms with Gasteiger partial charge in [-0.2, -0.15) is 0 Å². The summed E-state index contributed by atoms with van der Waals surface area (Å²) in [6.45, 7) is 10.4. The Hall–Kier alpha value is -1.10. The molecule has 1 rings (SSSR count). The zero-order valence-corrected chi connectivity index (χ0v) is 14.7. The van der Waals surface area contributed by atoms with Crippen molar-refractivity contribution in [1.82, 2.24) is 10.2 Å². The van der Waals surface area contributed by atoms with Gasteiger partial charge in [0.1, 0.15) is 0 Å². The first-order valence-electron chi connectivity index (χ1n) is 7.94. The van der Waals surface area contributed by atoms with Crippen LogP contribution >= 0.6 is 11.6 Å². The number of hydrogen-bond acceptors (Lipinski definition) is 3. The molecule has 0 heterocycles. The second-order valence-corrected chi connectivity index (χ2v) is 6.18. The third-order valence-corrected chi connectivity index (χ3v) is 4.35. The normalized spacial score (nSPS) is 14.2. The van der Waals surface area contributed by atoms with Gasteiger partial charge in [-0.15, -0.1) is 0 Å². The zero-order valence-electron chi connectivity index (χ0n) is 14.0. The third-order valence-electron chi connectivity index (χ3n) is 4.01. The number of hydrogen-bond donors (Lipinski definition) is 2. The minimum absolute atomic E-state index is 0.0482. The first-order chi connectivity index (χ1) is 10.4. The number of nitrogens with zero attached hydrogens (tertiary/aromatic N) is 1. The van der Waals surface area contributed by atoms with E-state index in [2.05, 4.69) is 24.1 Å². The van der Waals surface area contributed by atoms with Gasteiger partial charge in [0, 0.05) is 11.6 Å². The molecule has 1 aromatic rings. The van der Waals surface area contributed by atoms with E-state index in [1.807, 2.05) is 38.1 Å². The van der Waals surface area contributed by atoms with E-state index in [1.54, 1.807) is 0 Å². The second kappa shape index (κ2) is 9.13. The van der Waals surface area contributed by atoms with Crippen molar-refractivity contribution in [3.8, 4) is 0 Å². The molecule has 1 amide bonds. The van der Waals surface area contributed by atoms with Crippen LogP contribution in [0.1, 0.15) is 39.3 Å². The highest BCUT2D eigenvalue weighted by Crippen LogP contribution is 2.26. The van der Waals surface area contributed by atoms with Crippen LogP contribution in [-0.2, 0) is 4.79 Å². The molecule has 0 bridgehead atoms. The minimum Gasteiger partial charge on any atom is -0.353 e. The van der Waals surface area contributed by atoms with E-state index in [-0.39, 0.29) is 17.9 Å². The van der Waals surface area contributed by atoms with E-state index in [9.17, 15) is 4.79 Å². The zero-order chi connectivity index (χ0) is 16.7. The number of benzene rings is 1. The fourth-order valence-corrected chi connectivity index (χ4v) is 2.73. The van der Waals surface area contributed by atoms with Gasteiger partial charge in [0.15, 0.2) is 0 Å². The van der Waals surface area contributed by atoms with Crippen molar-refractivity contribution in [3.63, 3.8) is 0 Å². The van der Waals surface area contributed by atoms with Gasteiger partial charge in [0.25, 0.3) is 0 Å². The largest absolute Gasteiger partial charge is 0.353 e. The Bertz CT molecular complexity index is 475. The molecule has 0 aliphatic carbocycles. The average Bonchev–Trinajstić information content (AvgIpc) is 2.51. The van der Waals surface area contributed by atoms with E-state index in [4.69, 9.17) is 17.3 Å². The summed E-state index contributed by atoms with van der Waals surface area (Å²) in [5.74, 6) is 0.00595. The van der Waals surface area contributed by atoms with Crippen LogP contribution in [0.4, 0.5) is 0 Å². The molecule has 0 aliphatic heterocycles. The van der Waals surface area contributed by atoms with Crippen molar-refractivity contribution in [1.29, 1.82) is 0 Å². The molecule has 124 valence electrons. The third kappa shape index (κ3) is 4.97. The Kier molecular flexibility index (Phi) is 7.87. The van der Waals surface area contributed by atoms with Crippen molar-refractivity contribution in [2.24, 2.45) is 11.7 Å². The molecule has 1 unspecified atom stereocenters. The van der Waals surface area contributed by atoms with Crippen LogP contribution in [0.3, 0.4) is 0 Å². The molecule has 0 saturated carbocycles. The fraction of sp³-hybridized carbons (Fsp3) is 0.588. The molecule has 0 aromatic heterocycles. The van der Waals surface area contributed by atoms with Crippen molar-refractivity contribution >= 4 is 17.5 Å². The van der Waals surface area contributed by atoms with Gasteiger partial charge >= 0.3 is 0 Å².